The molecule has 0 bridgehead atoms. The Labute approximate surface area is 69.7 Å². The van der Waals surface area contributed by atoms with E-state index in [0.29, 0.717) is 5.69 Å². The van der Waals surface area contributed by atoms with E-state index in [9.17, 15) is 4.79 Å². The molecule has 1 aromatic heterocycles. The van der Waals surface area contributed by atoms with Crippen LogP contribution in [0.25, 0.3) is 0 Å². The molecule has 4 N–H and O–H groups in total. The summed E-state index contributed by atoms with van der Waals surface area (Å²) in [6, 6.07) is -0.453. The van der Waals surface area contributed by atoms with Crippen LogP contribution in [-0.2, 0) is 7.05 Å². The van der Waals surface area contributed by atoms with Crippen molar-refractivity contribution in [1.82, 2.24) is 15.2 Å². The van der Waals surface area contributed by atoms with Crippen LogP contribution in [0.2, 0.25) is 0 Å². The highest BCUT2D eigenvalue weighted by molar-refractivity contribution is 5.89. The fourth-order valence-corrected chi connectivity index (χ4v) is 0.881. The van der Waals surface area contributed by atoms with Crippen molar-refractivity contribution in [3.8, 4) is 0 Å². The number of hydrazine groups is 1. The number of hydrogen-bond acceptors (Lipinski definition) is 3. The van der Waals surface area contributed by atoms with E-state index >= 15 is 0 Å². The Morgan fingerprint density at radius 3 is 2.83 bits per heavy atom. The van der Waals surface area contributed by atoms with Gasteiger partial charge in [0.15, 0.2) is 0 Å². The van der Waals surface area contributed by atoms with E-state index in [0.717, 1.165) is 5.69 Å². The summed E-state index contributed by atoms with van der Waals surface area (Å²) in [7, 11) is 1.78. The van der Waals surface area contributed by atoms with Gasteiger partial charge < -0.3 is 5.32 Å². The van der Waals surface area contributed by atoms with E-state index in [1.54, 1.807) is 24.9 Å². The van der Waals surface area contributed by atoms with Gasteiger partial charge in [0.25, 0.3) is 0 Å². The number of anilines is 1. The minimum Gasteiger partial charge on any atom is -0.304 e. The van der Waals surface area contributed by atoms with Crippen LogP contribution in [0.15, 0.2) is 6.20 Å². The highest BCUT2D eigenvalue weighted by Crippen LogP contribution is 2.10. The minimum absolute atomic E-state index is 0.453. The monoisotopic (exact) mass is 169 g/mol. The van der Waals surface area contributed by atoms with Gasteiger partial charge in [-0.3, -0.25) is 10.1 Å². The number of urea groups is 1. The molecular formula is C6H11N5O. The number of rotatable bonds is 1. The van der Waals surface area contributed by atoms with Crippen molar-refractivity contribution in [3.05, 3.63) is 11.9 Å². The summed E-state index contributed by atoms with van der Waals surface area (Å²) in [5.74, 6) is 4.89. The molecule has 0 spiro atoms. The highest BCUT2D eigenvalue weighted by Gasteiger charge is 2.04. The summed E-state index contributed by atoms with van der Waals surface area (Å²) < 4.78 is 1.61. The van der Waals surface area contributed by atoms with Crippen molar-refractivity contribution in [1.29, 1.82) is 0 Å². The first-order chi connectivity index (χ1) is 5.63. The lowest BCUT2D eigenvalue weighted by atomic mass is 10.4. The summed E-state index contributed by atoms with van der Waals surface area (Å²) in [5.41, 5.74) is 3.37. The number of hydrogen-bond donors (Lipinski definition) is 3. The molecule has 0 atom stereocenters. The molecule has 0 fully saturated rings. The number of carbonyl (C=O) groups is 1. The standard InChI is InChI=1S/C6H11N5O/c1-4-5(3-11(2)10-4)8-6(12)9-7/h3H,7H2,1-2H3,(H2,8,9,12). The Balaban J connectivity index is 2.75. The lowest BCUT2D eigenvalue weighted by Crippen LogP contribution is -2.34. The van der Waals surface area contributed by atoms with Gasteiger partial charge in [-0.15, -0.1) is 0 Å². The lowest BCUT2D eigenvalue weighted by molar-refractivity contribution is 0.252. The summed E-state index contributed by atoms with van der Waals surface area (Å²) in [6.07, 6.45) is 1.70. The normalized spacial score (nSPS) is 9.58. The van der Waals surface area contributed by atoms with E-state index < -0.39 is 6.03 Å². The molecule has 0 aromatic carbocycles. The highest BCUT2D eigenvalue weighted by atomic mass is 16.2. The Bertz CT molecular complexity index is 292. The second kappa shape index (κ2) is 3.22. The summed E-state index contributed by atoms with van der Waals surface area (Å²) in [5, 5.41) is 6.55. The van der Waals surface area contributed by atoms with E-state index in [2.05, 4.69) is 10.4 Å². The molecule has 0 unspecified atom stereocenters. The molecule has 6 nitrogen and oxygen atoms in total. The quantitative estimate of drug-likeness (QED) is 0.307. The molecule has 1 heterocycles. The molecular weight excluding hydrogens is 158 g/mol. The van der Waals surface area contributed by atoms with Gasteiger partial charge >= 0.3 is 6.03 Å². The van der Waals surface area contributed by atoms with Gasteiger partial charge in [0, 0.05) is 13.2 Å². The smallest absolute Gasteiger partial charge is 0.304 e. The number of aromatic nitrogens is 2. The molecule has 2 amide bonds. The van der Waals surface area contributed by atoms with Crippen LogP contribution in [-0.4, -0.2) is 15.8 Å². The van der Waals surface area contributed by atoms with Gasteiger partial charge in [-0.1, -0.05) is 0 Å². The van der Waals surface area contributed by atoms with Gasteiger partial charge in [-0.05, 0) is 6.92 Å². The first-order valence-electron chi connectivity index (χ1n) is 3.41. The Morgan fingerprint density at radius 1 is 1.75 bits per heavy atom. The molecule has 6 heteroatoms. The third kappa shape index (κ3) is 1.73. The lowest BCUT2D eigenvalue weighted by Gasteiger charge is -2.00. The van der Waals surface area contributed by atoms with E-state index in [-0.39, 0.29) is 0 Å². The van der Waals surface area contributed by atoms with Crippen LogP contribution >= 0.6 is 0 Å². The zero-order valence-corrected chi connectivity index (χ0v) is 6.96. The Kier molecular flexibility index (Phi) is 2.29. The van der Waals surface area contributed by atoms with Gasteiger partial charge in [0.2, 0.25) is 0 Å². The average Bonchev–Trinajstić information content (AvgIpc) is 2.30. The number of aryl methyl sites for hydroxylation is 2. The minimum atomic E-state index is -0.453. The molecule has 66 valence electrons. The van der Waals surface area contributed by atoms with Crippen molar-refractivity contribution in [3.63, 3.8) is 0 Å². The fourth-order valence-electron chi connectivity index (χ4n) is 0.881. The van der Waals surface area contributed by atoms with Gasteiger partial charge in [-0.2, -0.15) is 5.10 Å². The van der Waals surface area contributed by atoms with Crippen LogP contribution in [0.4, 0.5) is 10.5 Å². The zero-order valence-electron chi connectivity index (χ0n) is 6.96. The van der Waals surface area contributed by atoms with Crippen molar-refractivity contribution in [2.24, 2.45) is 12.9 Å². The second-order valence-electron chi connectivity index (χ2n) is 2.40. The molecule has 12 heavy (non-hydrogen) atoms. The first-order valence-corrected chi connectivity index (χ1v) is 3.41. The molecule has 0 saturated heterocycles. The molecule has 0 aliphatic carbocycles. The average molecular weight is 169 g/mol. The Morgan fingerprint density at radius 2 is 2.42 bits per heavy atom. The number of carbonyl (C=O) groups excluding carboxylic acids is 1. The van der Waals surface area contributed by atoms with Crippen LogP contribution in [0, 0.1) is 6.92 Å². The summed E-state index contributed by atoms with van der Waals surface area (Å²) in [6.45, 7) is 1.80. The van der Waals surface area contributed by atoms with E-state index in [1.165, 1.54) is 0 Å². The van der Waals surface area contributed by atoms with Crippen molar-refractivity contribution in [2.45, 2.75) is 6.92 Å². The predicted octanol–water partition coefficient (Wildman–Crippen LogP) is -0.276. The second-order valence-corrected chi connectivity index (χ2v) is 2.40. The maximum atomic E-state index is 10.8. The van der Waals surface area contributed by atoms with Crippen LogP contribution in [0.5, 0.6) is 0 Å². The fraction of sp³-hybridized carbons (Fsp3) is 0.333. The molecule has 0 aliphatic heterocycles. The molecule has 1 rings (SSSR count). The SMILES string of the molecule is Cc1nn(C)cc1NC(=O)NN. The van der Waals surface area contributed by atoms with Crippen LogP contribution in [0.3, 0.4) is 0 Å². The van der Waals surface area contributed by atoms with E-state index in [4.69, 9.17) is 5.84 Å². The van der Waals surface area contributed by atoms with Crippen LogP contribution in [0.1, 0.15) is 5.69 Å². The third-order valence-corrected chi connectivity index (χ3v) is 1.39. The molecule has 0 saturated carbocycles. The van der Waals surface area contributed by atoms with Crippen molar-refractivity contribution in [2.75, 3.05) is 5.32 Å². The third-order valence-electron chi connectivity index (χ3n) is 1.39. The van der Waals surface area contributed by atoms with Crippen molar-refractivity contribution < 1.29 is 4.79 Å². The molecule has 0 aliphatic rings. The number of nitrogens with one attached hydrogen (secondary N) is 2. The number of nitrogens with two attached hydrogens (primary N) is 1. The maximum absolute atomic E-state index is 10.8. The van der Waals surface area contributed by atoms with Gasteiger partial charge in [-0.25, -0.2) is 10.6 Å². The number of amides is 2. The predicted molar refractivity (Wildman–Crippen MR) is 44.3 cm³/mol. The topological polar surface area (TPSA) is 85.0 Å². The van der Waals surface area contributed by atoms with Crippen LogP contribution < -0.4 is 16.6 Å². The molecule has 0 radical (unpaired) electrons. The molecule has 1 aromatic rings. The van der Waals surface area contributed by atoms with E-state index in [1.807, 2.05) is 5.43 Å². The Hall–Kier alpha value is -1.56. The largest absolute Gasteiger partial charge is 0.333 e. The maximum Gasteiger partial charge on any atom is 0.333 e. The summed E-state index contributed by atoms with van der Waals surface area (Å²) >= 11 is 0. The first kappa shape index (κ1) is 8.54. The number of nitrogens with zero attached hydrogens (tertiary/aromatic N) is 2. The van der Waals surface area contributed by atoms with Gasteiger partial charge in [0.05, 0.1) is 11.4 Å². The summed E-state index contributed by atoms with van der Waals surface area (Å²) in [4.78, 5) is 10.8. The zero-order chi connectivity index (χ0) is 9.14. The van der Waals surface area contributed by atoms with Crippen molar-refractivity contribution >= 4 is 11.7 Å². The van der Waals surface area contributed by atoms with Gasteiger partial charge in [0.1, 0.15) is 0 Å².